The highest BCUT2D eigenvalue weighted by Crippen LogP contribution is 2.39. The van der Waals surface area contributed by atoms with Crippen LogP contribution in [0.1, 0.15) is 18.9 Å². The summed E-state index contributed by atoms with van der Waals surface area (Å²) in [6.07, 6.45) is 3.71. The van der Waals surface area contributed by atoms with Gasteiger partial charge in [0.15, 0.2) is 0 Å². The maximum absolute atomic E-state index is 6.23. The van der Waals surface area contributed by atoms with Gasteiger partial charge in [-0.3, -0.25) is 0 Å². The lowest BCUT2D eigenvalue weighted by atomic mass is 10.1. The SMILES string of the molecule is COc1ncc(-c2nc3cc(Cl)c(Cl)cc3nc2Sc2nnnn2C2CCN(C)CC2)s1. The lowest BCUT2D eigenvalue weighted by Crippen LogP contribution is -2.32. The lowest BCUT2D eigenvalue weighted by molar-refractivity contribution is 0.203. The Bertz CT molecular complexity index is 1270. The van der Waals surface area contributed by atoms with E-state index in [9.17, 15) is 0 Å². The molecule has 0 atom stereocenters. The predicted molar refractivity (Wildman–Crippen MR) is 125 cm³/mol. The van der Waals surface area contributed by atoms with Gasteiger partial charge in [-0.25, -0.2) is 19.6 Å². The summed E-state index contributed by atoms with van der Waals surface area (Å²) >= 11 is 15.2. The molecule has 0 bridgehead atoms. The van der Waals surface area contributed by atoms with Crippen LogP contribution in [0.3, 0.4) is 0 Å². The van der Waals surface area contributed by atoms with Gasteiger partial charge in [0, 0.05) is 0 Å². The molecule has 0 N–H and O–H groups in total. The smallest absolute Gasteiger partial charge is 0.273 e. The Balaban J connectivity index is 1.58. The van der Waals surface area contributed by atoms with Gasteiger partial charge in [0.25, 0.3) is 5.19 Å². The molecule has 13 heteroatoms. The van der Waals surface area contributed by atoms with Gasteiger partial charge in [-0.15, -0.1) is 5.10 Å². The van der Waals surface area contributed by atoms with Crippen LogP contribution in [-0.4, -0.2) is 67.3 Å². The Morgan fingerprint density at radius 3 is 2.53 bits per heavy atom. The molecule has 1 aromatic carbocycles. The van der Waals surface area contributed by atoms with Gasteiger partial charge in [-0.2, -0.15) is 0 Å². The van der Waals surface area contributed by atoms with Crippen LogP contribution < -0.4 is 4.74 Å². The number of methoxy groups -OCH3 is 1. The van der Waals surface area contributed by atoms with Crippen molar-refractivity contribution in [3.05, 3.63) is 28.4 Å². The first-order chi connectivity index (χ1) is 15.5. The topological polar surface area (TPSA) is 94.7 Å². The van der Waals surface area contributed by atoms with E-state index in [4.69, 9.17) is 37.9 Å². The molecule has 0 saturated carbocycles. The minimum absolute atomic E-state index is 0.248. The number of tetrazole rings is 1. The number of thiazole rings is 1. The van der Waals surface area contributed by atoms with Crippen molar-refractivity contribution in [2.45, 2.75) is 29.1 Å². The third kappa shape index (κ3) is 4.27. The lowest BCUT2D eigenvalue weighted by Gasteiger charge is -2.28. The van der Waals surface area contributed by atoms with E-state index in [2.05, 4.69) is 32.5 Å². The second-order valence-corrected chi connectivity index (χ2v) is 10.1. The Morgan fingerprint density at radius 2 is 1.84 bits per heavy atom. The number of hydrogen-bond acceptors (Lipinski definition) is 10. The largest absolute Gasteiger partial charge is 0.473 e. The van der Waals surface area contributed by atoms with Crippen molar-refractivity contribution in [2.75, 3.05) is 27.2 Å². The Kier molecular flexibility index (Phi) is 6.17. The molecule has 32 heavy (non-hydrogen) atoms. The summed E-state index contributed by atoms with van der Waals surface area (Å²) in [5, 5.41) is 15.2. The van der Waals surface area contributed by atoms with E-state index in [0.29, 0.717) is 42.1 Å². The van der Waals surface area contributed by atoms with Crippen molar-refractivity contribution in [3.63, 3.8) is 0 Å². The van der Waals surface area contributed by atoms with Crippen molar-refractivity contribution in [1.29, 1.82) is 0 Å². The monoisotopic (exact) mass is 508 g/mol. The molecule has 1 aliphatic rings. The van der Waals surface area contributed by atoms with Crippen LogP contribution in [0.25, 0.3) is 21.6 Å². The van der Waals surface area contributed by atoms with E-state index >= 15 is 0 Å². The maximum atomic E-state index is 6.23. The Hall–Kier alpha value is -2.05. The van der Waals surface area contributed by atoms with Crippen molar-refractivity contribution < 1.29 is 4.74 Å². The number of hydrogen-bond donors (Lipinski definition) is 0. The van der Waals surface area contributed by atoms with Crippen molar-refractivity contribution in [1.82, 2.24) is 40.1 Å². The highest BCUT2D eigenvalue weighted by Gasteiger charge is 2.25. The molecule has 166 valence electrons. The third-order valence-electron chi connectivity index (χ3n) is 5.25. The van der Waals surface area contributed by atoms with Crippen LogP contribution in [-0.2, 0) is 0 Å². The zero-order valence-electron chi connectivity index (χ0n) is 17.2. The third-order valence-corrected chi connectivity index (χ3v) is 7.87. The van der Waals surface area contributed by atoms with Crippen LogP contribution in [0.2, 0.25) is 10.0 Å². The molecule has 9 nitrogen and oxygen atoms in total. The fraction of sp³-hybridized carbons (Fsp3) is 0.368. The number of aromatic nitrogens is 7. The van der Waals surface area contributed by atoms with Gasteiger partial charge < -0.3 is 9.64 Å². The fourth-order valence-electron chi connectivity index (χ4n) is 3.54. The first kappa shape index (κ1) is 21.8. The second kappa shape index (κ2) is 9.06. The van der Waals surface area contributed by atoms with Crippen molar-refractivity contribution in [3.8, 4) is 15.8 Å². The van der Waals surface area contributed by atoms with Crippen LogP contribution in [0.5, 0.6) is 5.19 Å². The number of nitrogens with zero attached hydrogens (tertiary/aromatic N) is 8. The first-order valence-corrected chi connectivity index (χ1v) is 12.2. The summed E-state index contributed by atoms with van der Waals surface area (Å²) < 4.78 is 7.16. The van der Waals surface area contributed by atoms with Gasteiger partial charge >= 0.3 is 0 Å². The molecule has 0 unspecified atom stereocenters. The number of fused-ring (bicyclic) bond motifs is 1. The molecule has 0 aliphatic carbocycles. The molecule has 1 fully saturated rings. The average molecular weight is 509 g/mol. The summed E-state index contributed by atoms with van der Waals surface area (Å²) in [7, 11) is 3.71. The van der Waals surface area contributed by atoms with Gasteiger partial charge in [0.2, 0.25) is 5.16 Å². The molecule has 1 aliphatic heterocycles. The zero-order chi connectivity index (χ0) is 22.2. The summed E-state index contributed by atoms with van der Waals surface area (Å²) in [5.74, 6) is 0. The summed E-state index contributed by atoms with van der Waals surface area (Å²) in [6.45, 7) is 2.02. The molecular weight excluding hydrogens is 491 g/mol. The molecule has 0 spiro atoms. The first-order valence-electron chi connectivity index (χ1n) is 9.83. The highest BCUT2D eigenvalue weighted by molar-refractivity contribution is 7.99. The predicted octanol–water partition coefficient (Wildman–Crippen LogP) is 4.47. The number of rotatable bonds is 5. The normalized spacial score (nSPS) is 15.5. The van der Waals surface area contributed by atoms with Crippen molar-refractivity contribution >= 4 is 57.3 Å². The Labute approximate surface area is 202 Å². The van der Waals surface area contributed by atoms with Crippen LogP contribution in [0.15, 0.2) is 28.5 Å². The van der Waals surface area contributed by atoms with Gasteiger partial charge in [-0.05, 0) is 67.3 Å². The number of halogens is 2. The van der Waals surface area contributed by atoms with Gasteiger partial charge in [0.1, 0.15) is 10.7 Å². The van der Waals surface area contributed by atoms with Crippen molar-refractivity contribution in [2.24, 2.45) is 0 Å². The molecule has 4 aromatic rings. The molecule has 5 rings (SSSR count). The quantitative estimate of drug-likeness (QED) is 0.386. The molecule has 3 aromatic heterocycles. The number of ether oxygens (including phenoxy) is 1. The van der Waals surface area contributed by atoms with E-state index < -0.39 is 0 Å². The van der Waals surface area contributed by atoms with E-state index in [1.54, 1.807) is 25.4 Å². The molecule has 4 heterocycles. The standard InChI is InChI=1S/C19H18Cl2N8OS2/c1-28-5-3-10(4-6-28)29-18(25-26-27-29)32-17-16(15-9-22-19(30-2)31-15)23-13-7-11(20)12(21)8-14(13)24-17/h7-10H,3-6H2,1-2H3. The molecule has 0 radical (unpaired) electrons. The van der Waals surface area contributed by atoms with E-state index in [-0.39, 0.29) is 6.04 Å². The summed E-state index contributed by atoms with van der Waals surface area (Å²) in [4.78, 5) is 17.1. The summed E-state index contributed by atoms with van der Waals surface area (Å²) in [5.41, 5.74) is 1.95. The molecule has 0 amide bonds. The molecule has 1 saturated heterocycles. The minimum Gasteiger partial charge on any atom is -0.473 e. The Morgan fingerprint density at radius 1 is 1.12 bits per heavy atom. The van der Waals surface area contributed by atoms with E-state index in [0.717, 1.165) is 30.8 Å². The van der Waals surface area contributed by atoms with Gasteiger partial charge in [0.05, 0.1) is 45.3 Å². The average Bonchev–Trinajstić information content (AvgIpc) is 3.45. The van der Waals surface area contributed by atoms with Crippen LogP contribution in [0, 0.1) is 0 Å². The number of benzene rings is 1. The maximum Gasteiger partial charge on any atom is 0.273 e. The van der Waals surface area contributed by atoms with Crippen LogP contribution >= 0.6 is 46.3 Å². The van der Waals surface area contributed by atoms with E-state index in [1.165, 1.54) is 23.1 Å². The fourth-order valence-corrected chi connectivity index (χ4v) is 5.56. The number of piperidine rings is 1. The van der Waals surface area contributed by atoms with Crippen LogP contribution in [0.4, 0.5) is 0 Å². The second-order valence-electron chi connectivity index (χ2n) is 7.37. The zero-order valence-corrected chi connectivity index (χ0v) is 20.3. The number of likely N-dealkylation sites (tertiary alicyclic amines) is 1. The van der Waals surface area contributed by atoms with E-state index in [1.807, 2.05) is 4.68 Å². The van der Waals surface area contributed by atoms with Gasteiger partial charge in [-0.1, -0.05) is 34.5 Å². The summed E-state index contributed by atoms with van der Waals surface area (Å²) in [6, 6.07) is 3.68. The minimum atomic E-state index is 0.248. The molecular formula is C19H18Cl2N8OS2. The highest BCUT2D eigenvalue weighted by atomic mass is 35.5.